The van der Waals surface area contributed by atoms with E-state index < -0.39 is 0 Å². The second kappa shape index (κ2) is 5.68. The maximum Gasteiger partial charge on any atom is 0.146 e. The van der Waals surface area contributed by atoms with Crippen LogP contribution in [0.4, 0.5) is 0 Å². The summed E-state index contributed by atoms with van der Waals surface area (Å²) >= 11 is 6.68. The first-order chi connectivity index (χ1) is 6.50. The molecule has 0 fully saturated rings. The minimum Gasteiger partial charge on any atom is -0.484 e. The van der Waals surface area contributed by atoms with Gasteiger partial charge in [0.2, 0.25) is 0 Å². The zero-order chi connectivity index (χ0) is 10.7. The van der Waals surface area contributed by atoms with Gasteiger partial charge in [-0.05, 0) is 79.9 Å². The highest BCUT2D eigenvalue weighted by Gasteiger charge is 2.07. The van der Waals surface area contributed by atoms with E-state index in [4.69, 9.17) is 15.9 Å². The van der Waals surface area contributed by atoms with Crippen LogP contribution in [-0.2, 0) is 0 Å². The summed E-state index contributed by atoms with van der Waals surface area (Å²) < 4.78 is 8.67. The maximum atomic E-state index is 7.07. The lowest BCUT2D eigenvalue weighted by atomic mass is 10.3. The van der Waals surface area contributed by atoms with Crippen LogP contribution in [0.15, 0.2) is 12.1 Å². The summed E-state index contributed by atoms with van der Waals surface area (Å²) in [5.74, 6) is 0.844. The predicted molar refractivity (Wildman–Crippen MR) is 82.0 cm³/mol. The third kappa shape index (κ3) is 3.68. The zero-order valence-electron chi connectivity index (χ0n) is 6.98. The standard InChI is InChI=1S/C8H7I3N2O/c9-4-1-5(10)8(6(11)2-4)14-3-7(12)13/h1-2H,3H2,(H3,12,13). The molecule has 3 N–H and O–H groups in total. The van der Waals surface area contributed by atoms with E-state index >= 15 is 0 Å². The molecular weight excluding hydrogens is 521 g/mol. The summed E-state index contributed by atoms with van der Waals surface area (Å²) in [7, 11) is 0. The van der Waals surface area contributed by atoms with Crippen molar-refractivity contribution in [1.82, 2.24) is 0 Å². The molecule has 0 saturated carbocycles. The summed E-state index contributed by atoms with van der Waals surface area (Å²) in [5, 5.41) is 7.07. The van der Waals surface area contributed by atoms with Crippen LogP contribution in [0.2, 0.25) is 0 Å². The van der Waals surface area contributed by atoms with Crippen molar-refractivity contribution in [2.75, 3.05) is 6.61 Å². The molecule has 6 heteroatoms. The lowest BCUT2D eigenvalue weighted by molar-refractivity contribution is 0.369. The Balaban J connectivity index is 2.91. The Morgan fingerprint density at radius 3 is 2.21 bits per heavy atom. The maximum absolute atomic E-state index is 7.07. The zero-order valence-corrected chi connectivity index (χ0v) is 13.5. The van der Waals surface area contributed by atoms with Crippen LogP contribution >= 0.6 is 67.8 Å². The molecule has 1 rings (SSSR count). The normalized spacial score (nSPS) is 9.93. The van der Waals surface area contributed by atoms with Gasteiger partial charge >= 0.3 is 0 Å². The fourth-order valence-corrected chi connectivity index (χ4v) is 4.71. The molecule has 0 aliphatic carbocycles. The van der Waals surface area contributed by atoms with Gasteiger partial charge in [-0.2, -0.15) is 0 Å². The van der Waals surface area contributed by atoms with Gasteiger partial charge in [-0.25, -0.2) is 0 Å². The monoisotopic (exact) mass is 528 g/mol. The van der Waals surface area contributed by atoms with Gasteiger partial charge in [0, 0.05) is 3.57 Å². The third-order valence-electron chi connectivity index (χ3n) is 1.34. The van der Waals surface area contributed by atoms with Crippen molar-refractivity contribution >= 4 is 73.6 Å². The number of benzene rings is 1. The molecule has 1 aromatic carbocycles. The number of amidine groups is 1. The average molecular weight is 528 g/mol. The quantitative estimate of drug-likeness (QED) is 0.361. The van der Waals surface area contributed by atoms with Gasteiger partial charge in [0.1, 0.15) is 18.2 Å². The van der Waals surface area contributed by atoms with Crippen molar-refractivity contribution in [3.8, 4) is 5.75 Å². The first kappa shape index (κ1) is 12.7. The van der Waals surface area contributed by atoms with E-state index in [9.17, 15) is 0 Å². The average Bonchev–Trinajstić information content (AvgIpc) is 2.01. The topological polar surface area (TPSA) is 59.1 Å². The Bertz CT molecular complexity index is 345. The minimum atomic E-state index is 0.0372. The molecule has 0 unspecified atom stereocenters. The van der Waals surface area contributed by atoms with Crippen molar-refractivity contribution in [1.29, 1.82) is 5.41 Å². The van der Waals surface area contributed by atoms with Gasteiger partial charge in [-0.3, -0.25) is 5.41 Å². The highest BCUT2D eigenvalue weighted by atomic mass is 127. The summed E-state index contributed by atoms with van der Waals surface area (Å²) in [6.45, 7) is 0.145. The van der Waals surface area contributed by atoms with Gasteiger partial charge in [-0.1, -0.05) is 0 Å². The number of ether oxygens (including phenoxy) is 1. The highest BCUT2D eigenvalue weighted by Crippen LogP contribution is 2.29. The van der Waals surface area contributed by atoms with Gasteiger partial charge in [0.25, 0.3) is 0 Å². The number of nitrogens with two attached hydrogens (primary N) is 1. The van der Waals surface area contributed by atoms with E-state index in [1.165, 1.54) is 3.57 Å². The molecule has 0 bridgehead atoms. The Morgan fingerprint density at radius 2 is 1.79 bits per heavy atom. The molecule has 14 heavy (non-hydrogen) atoms. The minimum absolute atomic E-state index is 0.0372. The first-order valence-corrected chi connectivity index (χ1v) is 6.84. The molecule has 76 valence electrons. The van der Waals surface area contributed by atoms with Crippen molar-refractivity contribution < 1.29 is 4.74 Å². The Labute approximate surface area is 123 Å². The van der Waals surface area contributed by atoms with Crippen LogP contribution in [0.3, 0.4) is 0 Å². The fraction of sp³-hybridized carbons (Fsp3) is 0.125. The molecule has 0 spiro atoms. The van der Waals surface area contributed by atoms with E-state index in [-0.39, 0.29) is 12.4 Å². The van der Waals surface area contributed by atoms with Crippen LogP contribution in [0.1, 0.15) is 0 Å². The van der Waals surface area contributed by atoms with E-state index in [1.807, 2.05) is 12.1 Å². The SMILES string of the molecule is N=C(N)COc1c(I)cc(I)cc1I. The molecule has 0 aliphatic heterocycles. The van der Waals surface area contributed by atoms with Gasteiger partial charge in [0.15, 0.2) is 0 Å². The summed E-state index contributed by atoms with van der Waals surface area (Å²) in [6.07, 6.45) is 0. The summed E-state index contributed by atoms with van der Waals surface area (Å²) in [4.78, 5) is 0. The molecule has 0 aromatic heterocycles. The van der Waals surface area contributed by atoms with E-state index in [0.717, 1.165) is 12.9 Å². The first-order valence-electron chi connectivity index (χ1n) is 3.61. The Hall–Kier alpha value is 0.680. The molecule has 0 amide bonds. The molecule has 0 aliphatic rings. The lowest BCUT2D eigenvalue weighted by Crippen LogP contribution is -2.19. The molecular formula is C8H7I3N2O. The molecule has 0 radical (unpaired) electrons. The third-order valence-corrected chi connectivity index (χ3v) is 3.56. The number of halogens is 3. The lowest BCUT2D eigenvalue weighted by Gasteiger charge is -2.09. The second-order valence-electron chi connectivity index (χ2n) is 2.51. The van der Waals surface area contributed by atoms with Crippen LogP contribution in [0.25, 0.3) is 0 Å². The van der Waals surface area contributed by atoms with E-state index in [2.05, 4.69) is 67.8 Å². The molecule has 0 saturated heterocycles. The molecule has 0 heterocycles. The number of rotatable bonds is 3. The van der Waals surface area contributed by atoms with Crippen molar-refractivity contribution in [3.05, 3.63) is 22.8 Å². The van der Waals surface area contributed by atoms with Crippen LogP contribution < -0.4 is 10.5 Å². The highest BCUT2D eigenvalue weighted by molar-refractivity contribution is 14.1. The summed E-state index contributed by atoms with van der Waals surface area (Å²) in [6, 6.07) is 4.05. The van der Waals surface area contributed by atoms with Crippen molar-refractivity contribution in [2.45, 2.75) is 0 Å². The number of nitrogens with one attached hydrogen (secondary N) is 1. The fourth-order valence-electron chi connectivity index (χ4n) is 0.817. The van der Waals surface area contributed by atoms with E-state index in [0.29, 0.717) is 0 Å². The van der Waals surface area contributed by atoms with Gasteiger partial charge in [-0.15, -0.1) is 0 Å². The van der Waals surface area contributed by atoms with Crippen molar-refractivity contribution in [2.24, 2.45) is 5.73 Å². The predicted octanol–water partition coefficient (Wildman–Crippen LogP) is 2.82. The van der Waals surface area contributed by atoms with E-state index in [1.54, 1.807) is 0 Å². The largest absolute Gasteiger partial charge is 0.484 e. The van der Waals surface area contributed by atoms with Crippen LogP contribution in [-0.4, -0.2) is 12.4 Å². The molecule has 0 atom stereocenters. The number of hydrogen-bond acceptors (Lipinski definition) is 2. The Morgan fingerprint density at radius 1 is 1.29 bits per heavy atom. The molecule has 1 aromatic rings. The van der Waals surface area contributed by atoms with Crippen molar-refractivity contribution in [3.63, 3.8) is 0 Å². The summed E-state index contributed by atoms with van der Waals surface area (Å²) in [5.41, 5.74) is 5.22. The van der Waals surface area contributed by atoms with Gasteiger partial charge < -0.3 is 10.5 Å². The van der Waals surface area contributed by atoms with Crippen LogP contribution in [0, 0.1) is 16.1 Å². The van der Waals surface area contributed by atoms with Gasteiger partial charge in [0.05, 0.1) is 7.14 Å². The smallest absolute Gasteiger partial charge is 0.146 e. The number of hydrogen-bond donors (Lipinski definition) is 2. The van der Waals surface area contributed by atoms with Crippen LogP contribution in [0.5, 0.6) is 5.75 Å². The Kier molecular flexibility index (Phi) is 5.17. The molecule has 3 nitrogen and oxygen atoms in total. The second-order valence-corrected chi connectivity index (χ2v) is 6.08.